The minimum absolute atomic E-state index is 0.152. The highest BCUT2D eigenvalue weighted by Crippen LogP contribution is 2.32. The number of amides is 2. The molecule has 0 radical (unpaired) electrons. The van der Waals surface area contributed by atoms with Crippen LogP contribution in [0.1, 0.15) is 11.1 Å². The van der Waals surface area contributed by atoms with Gasteiger partial charge in [0.05, 0.1) is 12.1 Å². The minimum atomic E-state index is -0.409. The highest BCUT2D eigenvalue weighted by molar-refractivity contribution is 6.31. The number of carbonyl (C=O) groups excluding carboxylic acids is 2. The van der Waals surface area contributed by atoms with Crippen molar-refractivity contribution in [2.75, 3.05) is 11.9 Å². The molecule has 0 bridgehead atoms. The largest absolute Gasteiger partial charge is 0.484 e. The summed E-state index contributed by atoms with van der Waals surface area (Å²) in [5, 5.41) is 3.22. The second kappa shape index (κ2) is 9.80. The molecule has 0 heterocycles. The van der Waals surface area contributed by atoms with Gasteiger partial charge in [-0.15, -0.1) is 0 Å². The van der Waals surface area contributed by atoms with Crippen molar-refractivity contribution in [1.82, 2.24) is 0 Å². The zero-order chi connectivity index (χ0) is 21.5. The van der Waals surface area contributed by atoms with Gasteiger partial charge in [-0.25, -0.2) is 0 Å². The topological polar surface area (TPSA) is 90.7 Å². The molecular weight excluding hydrogens is 404 g/mol. The molecule has 0 spiro atoms. The lowest BCUT2D eigenvalue weighted by atomic mass is 10.1. The summed E-state index contributed by atoms with van der Waals surface area (Å²) in [6, 6.07) is 19.4. The van der Waals surface area contributed by atoms with Crippen molar-refractivity contribution in [3.8, 4) is 17.2 Å². The van der Waals surface area contributed by atoms with Gasteiger partial charge in [0.25, 0.3) is 5.91 Å². The van der Waals surface area contributed by atoms with Crippen molar-refractivity contribution < 1.29 is 19.1 Å². The lowest BCUT2D eigenvalue weighted by Crippen LogP contribution is -2.20. The van der Waals surface area contributed by atoms with Gasteiger partial charge in [-0.3, -0.25) is 9.59 Å². The Hall–Kier alpha value is -3.51. The van der Waals surface area contributed by atoms with E-state index in [0.717, 1.165) is 11.1 Å². The molecule has 0 saturated heterocycles. The number of aryl methyl sites for hydroxylation is 1. The summed E-state index contributed by atoms with van der Waals surface area (Å²) in [6.45, 7) is 1.79. The summed E-state index contributed by atoms with van der Waals surface area (Å²) in [5.41, 5.74) is 7.50. The highest BCUT2D eigenvalue weighted by Gasteiger charge is 2.11. The summed E-state index contributed by atoms with van der Waals surface area (Å²) >= 11 is 6.08. The molecule has 3 aromatic rings. The molecule has 0 aromatic heterocycles. The first kappa shape index (κ1) is 21.2. The molecule has 0 saturated carbocycles. The molecule has 30 heavy (non-hydrogen) atoms. The Bertz CT molecular complexity index is 1030. The van der Waals surface area contributed by atoms with Crippen LogP contribution in [0, 0.1) is 6.92 Å². The molecule has 0 aliphatic rings. The number of nitrogens with one attached hydrogen (secondary N) is 1. The van der Waals surface area contributed by atoms with Gasteiger partial charge in [-0.1, -0.05) is 41.4 Å². The summed E-state index contributed by atoms with van der Waals surface area (Å²) in [6.07, 6.45) is 0.152. The minimum Gasteiger partial charge on any atom is -0.484 e. The van der Waals surface area contributed by atoms with Crippen molar-refractivity contribution in [3.05, 3.63) is 82.9 Å². The van der Waals surface area contributed by atoms with E-state index < -0.39 is 5.91 Å². The summed E-state index contributed by atoms with van der Waals surface area (Å²) in [5.74, 6) is 0.833. The molecule has 6 nitrogen and oxygen atoms in total. The van der Waals surface area contributed by atoms with Crippen molar-refractivity contribution in [3.63, 3.8) is 0 Å². The number of carbonyl (C=O) groups is 2. The summed E-state index contributed by atoms with van der Waals surface area (Å²) in [7, 11) is 0. The van der Waals surface area contributed by atoms with E-state index in [1.165, 1.54) is 0 Å². The number of primary amides is 1. The van der Waals surface area contributed by atoms with Gasteiger partial charge < -0.3 is 20.5 Å². The van der Waals surface area contributed by atoms with E-state index in [4.69, 9.17) is 26.8 Å². The van der Waals surface area contributed by atoms with Crippen LogP contribution in [0.2, 0.25) is 5.02 Å². The van der Waals surface area contributed by atoms with E-state index in [0.29, 0.717) is 28.0 Å². The van der Waals surface area contributed by atoms with Crippen LogP contribution >= 0.6 is 11.6 Å². The first-order valence-electron chi connectivity index (χ1n) is 9.23. The first-order valence-corrected chi connectivity index (χ1v) is 9.61. The number of ether oxygens (including phenoxy) is 2. The maximum atomic E-state index is 12.4. The lowest BCUT2D eigenvalue weighted by Gasteiger charge is -2.13. The summed E-state index contributed by atoms with van der Waals surface area (Å²) in [4.78, 5) is 23.3. The third-order valence-corrected chi connectivity index (χ3v) is 4.37. The number of rotatable bonds is 8. The van der Waals surface area contributed by atoms with Crippen LogP contribution in [-0.4, -0.2) is 18.4 Å². The molecule has 0 aliphatic carbocycles. The van der Waals surface area contributed by atoms with Gasteiger partial charge in [0.2, 0.25) is 5.91 Å². The predicted octanol–water partition coefficient (Wildman–Crippen LogP) is 4.49. The Morgan fingerprint density at radius 1 is 0.967 bits per heavy atom. The number of halogens is 1. The lowest BCUT2D eigenvalue weighted by molar-refractivity contribution is -0.118. The zero-order valence-corrected chi connectivity index (χ0v) is 17.1. The number of hydrogen-bond donors (Lipinski definition) is 2. The van der Waals surface area contributed by atoms with Crippen LogP contribution in [0.3, 0.4) is 0 Å². The molecule has 154 valence electrons. The number of benzene rings is 3. The Morgan fingerprint density at radius 3 is 2.30 bits per heavy atom. The fourth-order valence-corrected chi connectivity index (χ4v) is 2.83. The fraction of sp³-hybridized carbons (Fsp3) is 0.130. The normalized spacial score (nSPS) is 10.3. The smallest absolute Gasteiger partial charge is 0.262 e. The number of anilines is 1. The molecule has 3 rings (SSSR count). The molecule has 3 N–H and O–H groups in total. The zero-order valence-electron chi connectivity index (χ0n) is 16.4. The Kier molecular flexibility index (Phi) is 6.93. The van der Waals surface area contributed by atoms with E-state index in [-0.39, 0.29) is 18.9 Å². The van der Waals surface area contributed by atoms with Crippen LogP contribution in [0.25, 0.3) is 0 Å². The quantitative estimate of drug-likeness (QED) is 0.557. The van der Waals surface area contributed by atoms with Crippen LogP contribution in [-0.2, 0) is 16.0 Å². The second-order valence-corrected chi connectivity index (χ2v) is 7.12. The second-order valence-electron chi connectivity index (χ2n) is 6.68. The Labute approximate surface area is 179 Å². The SMILES string of the molecule is Cc1ccc(Oc2ccc(Cl)cc2NC(=O)COc2ccc(CC(N)=O)cc2)cc1. The molecule has 0 unspecified atom stereocenters. The van der Waals surface area contributed by atoms with Crippen LogP contribution in [0.4, 0.5) is 5.69 Å². The molecular formula is C23H21ClN2O4. The maximum absolute atomic E-state index is 12.4. The molecule has 3 aromatic carbocycles. The first-order chi connectivity index (χ1) is 14.4. The third-order valence-electron chi connectivity index (χ3n) is 4.14. The van der Waals surface area contributed by atoms with Crippen LogP contribution in [0.15, 0.2) is 66.7 Å². The standard InChI is InChI=1S/C23H21ClN2O4/c1-15-2-7-19(8-3-15)30-21-11-6-17(24)13-20(21)26-23(28)14-29-18-9-4-16(5-10-18)12-22(25)27/h2-11,13H,12,14H2,1H3,(H2,25,27)(H,26,28). The van der Waals surface area contributed by atoms with Gasteiger partial charge >= 0.3 is 0 Å². The van der Waals surface area contributed by atoms with E-state index >= 15 is 0 Å². The molecule has 7 heteroatoms. The third kappa shape index (κ3) is 6.25. The maximum Gasteiger partial charge on any atom is 0.262 e. The molecule has 0 atom stereocenters. The van der Waals surface area contributed by atoms with Gasteiger partial charge in [0.1, 0.15) is 11.5 Å². The van der Waals surface area contributed by atoms with Crippen LogP contribution in [0.5, 0.6) is 17.2 Å². The van der Waals surface area contributed by atoms with Gasteiger partial charge in [-0.2, -0.15) is 0 Å². The van der Waals surface area contributed by atoms with Gasteiger partial charge in [-0.05, 0) is 55.0 Å². The number of hydrogen-bond acceptors (Lipinski definition) is 4. The van der Waals surface area contributed by atoms with Crippen molar-refractivity contribution >= 4 is 29.1 Å². The van der Waals surface area contributed by atoms with E-state index in [9.17, 15) is 9.59 Å². The van der Waals surface area contributed by atoms with Crippen molar-refractivity contribution in [2.24, 2.45) is 5.73 Å². The van der Waals surface area contributed by atoms with E-state index in [1.54, 1.807) is 42.5 Å². The highest BCUT2D eigenvalue weighted by atomic mass is 35.5. The van der Waals surface area contributed by atoms with Gasteiger partial charge in [0, 0.05) is 5.02 Å². The van der Waals surface area contributed by atoms with E-state index in [2.05, 4.69) is 5.32 Å². The average Bonchev–Trinajstić information content (AvgIpc) is 2.71. The Balaban J connectivity index is 1.62. The molecule has 0 fully saturated rings. The summed E-state index contributed by atoms with van der Waals surface area (Å²) < 4.78 is 11.4. The molecule has 2 amide bonds. The molecule has 0 aliphatic heterocycles. The average molecular weight is 425 g/mol. The van der Waals surface area contributed by atoms with E-state index in [1.807, 2.05) is 31.2 Å². The monoisotopic (exact) mass is 424 g/mol. The fourth-order valence-electron chi connectivity index (χ4n) is 2.66. The number of nitrogens with two attached hydrogens (primary N) is 1. The van der Waals surface area contributed by atoms with Gasteiger partial charge in [0.15, 0.2) is 12.4 Å². The van der Waals surface area contributed by atoms with Crippen LogP contribution < -0.4 is 20.5 Å². The predicted molar refractivity (Wildman–Crippen MR) is 116 cm³/mol. The van der Waals surface area contributed by atoms with Crippen molar-refractivity contribution in [1.29, 1.82) is 0 Å². The Morgan fingerprint density at radius 2 is 1.63 bits per heavy atom. The van der Waals surface area contributed by atoms with Crippen molar-refractivity contribution in [2.45, 2.75) is 13.3 Å².